The van der Waals surface area contributed by atoms with E-state index in [1.807, 2.05) is 23.1 Å². The molecule has 1 saturated heterocycles. The highest BCUT2D eigenvalue weighted by atomic mass is 16.2. The van der Waals surface area contributed by atoms with E-state index in [1.54, 1.807) is 0 Å². The molecular weight excluding hydrogens is 316 g/mol. The molecule has 7 nitrogen and oxygen atoms in total. The number of aromatic amines is 1. The van der Waals surface area contributed by atoms with E-state index in [1.165, 1.54) is 11.9 Å². The molecule has 2 N–H and O–H groups in total. The normalized spacial score (nSPS) is 15.9. The predicted molar refractivity (Wildman–Crippen MR) is 96.0 cm³/mol. The quantitative estimate of drug-likeness (QED) is 0.837. The lowest BCUT2D eigenvalue weighted by atomic mass is 10.0. The largest absolute Gasteiger partial charge is 0.331 e. The third kappa shape index (κ3) is 5.03. The van der Waals surface area contributed by atoms with Crippen molar-refractivity contribution in [2.45, 2.75) is 31.8 Å². The summed E-state index contributed by atoms with van der Waals surface area (Å²) in [5.41, 5.74) is 1.25. The SMILES string of the molecule is CN1CCC(N(CCc2ccccc2)C(=O)NCc2ncn[nH]2)CC1. The Morgan fingerprint density at radius 1 is 1.32 bits per heavy atom. The van der Waals surface area contributed by atoms with Gasteiger partial charge in [-0.3, -0.25) is 5.10 Å². The Bertz CT molecular complexity index is 637. The van der Waals surface area contributed by atoms with Crippen molar-refractivity contribution >= 4 is 6.03 Å². The summed E-state index contributed by atoms with van der Waals surface area (Å²) in [7, 11) is 2.13. The van der Waals surface area contributed by atoms with E-state index in [9.17, 15) is 4.79 Å². The van der Waals surface area contributed by atoms with Crippen LogP contribution in [0, 0.1) is 0 Å². The number of rotatable bonds is 6. The number of piperidine rings is 1. The van der Waals surface area contributed by atoms with Crippen LogP contribution in [0.2, 0.25) is 0 Å². The highest BCUT2D eigenvalue weighted by molar-refractivity contribution is 5.74. The van der Waals surface area contributed by atoms with Gasteiger partial charge in [0.2, 0.25) is 0 Å². The zero-order valence-corrected chi connectivity index (χ0v) is 14.7. The van der Waals surface area contributed by atoms with Crippen LogP contribution in [0.5, 0.6) is 0 Å². The fourth-order valence-electron chi connectivity index (χ4n) is 3.23. The highest BCUT2D eigenvalue weighted by Gasteiger charge is 2.26. The predicted octanol–water partition coefficient (Wildman–Crippen LogP) is 1.65. The van der Waals surface area contributed by atoms with Gasteiger partial charge in [0.25, 0.3) is 0 Å². The molecule has 0 saturated carbocycles. The molecule has 1 aromatic heterocycles. The third-order valence-electron chi connectivity index (χ3n) is 4.75. The lowest BCUT2D eigenvalue weighted by molar-refractivity contribution is 0.132. The summed E-state index contributed by atoms with van der Waals surface area (Å²) in [6, 6.07) is 10.6. The molecule has 0 spiro atoms. The molecule has 1 aliphatic rings. The smallest absolute Gasteiger partial charge is 0.318 e. The van der Waals surface area contributed by atoms with Crippen molar-refractivity contribution < 1.29 is 4.79 Å². The Balaban J connectivity index is 1.61. The summed E-state index contributed by atoms with van der Waals surface area (Å²) in [5, 5.41) is 9.56. The van der Waals surface area contributed by atoms with E-state index in [2.05, 4.69) is 44.6 Å². The van der Waals surface area contributed by atoms with E-state index in [0.717, 1.165) is 38.9 Å². The number of carbonyl (C=O) groups is 1. The van der Waals surface area contributed by atoms with Crippen LogP contribution in [-0.2, 0) is 13.0 Å². The van der Waals surface area contributed by atoms with Gasteiger partial charge in [0.1, 0.15) is 12.2 Å². The molecule has 1 aromatic carbocycles. The van der Waals surface area contributed by atoms with Gasteiger partial charge in [-0.05, 0) is 45.0 Å². The number of H-pyrrole nitrogens is 1. The maximum Gasteiger partial charge on any atom is 0.318 e. The van der Waals surface area contributed by atoms with Crippen LogP contribution in [0.15, 0.2) is 36.7 Å². The second kappa shape index (κ2) is 8.62. The first-order chi connectivity index (χ1) is 12.2. The topological polar surface area (TPSA) is 77.2 Å². The second-order valence-corrected chi connectivity index (χ2v) is 6.55. The van der Waals surface area contributed by atoms with Gasteiger partial charge in [-0.1, -0.05) is 30.3 Å². The first-order valence-corrected chi connectivity index (χ1v) is 8.83. The zero-order chi connectivity index (χ0) is 17.5. The van der Waals surface area contributed by atoms with E-state index in [-0.39, 0.29) is 12.1 Å². The van der Waals surface area contributed by atoms with Crippen molar-refractivity contribution in [2.24, 2.45) is 0 Å². The van der Waals surface area contributed by atoms with Crippen molar-refractivity contribution in [1.29, 1.82) is 0 Å². The number of hydrogen-bond acceptors (Lipinski definition) is 4. The molecule has 2 heterocycles. The van der Waals surface area contributed by atoms with Crippen LogP contribution in [0.1, 0.15) is 24.2 Å². The van der Waals surface area contributed by atoms with Crippen molar-refractivity contribution in [3.05, 3.63) is 48.0 Å². The number of likely N-dealkylation sites (tertiary alicyclic amines) is 1. The summed E-state index contributed by atoms with van der Waals surface area (Å²) in [5.74, 6) is 0.666. The van der Waals surface area contributed by atoms with Gasteiger partial charge in [0.05, 0.1) is 6.54 Å². The van der Waals surface area contributed by atoms with E-state index in [4.69, 9.17) is 0 Å². The van der Waals surface area contributed by atoms with Crippen molar-refractivity contribution in [1.82, 2.24) is 30.3 Å². The van der Waals surface area contributed by atoms with Crippen LogP contribution < -0.4 is 5.32 Å². The Morgan fingerprint density at radius 3 is 2.76 bits per heavy atom. The standard InChI is InChI=1S/C18H26N6O/c1-23-10-8-16(9-11-23)24(12-7-15-5-3-2-4-6-15)18(25)19-13-17-20-14-21-22-17/h2-6,14,16H,7-13H2,1H3,(H,19,25)(H,20,21,22). The van der Waals surface area contributed by atoms with Crippen LogP contribution in [0.4, 0.5) is 4.79 Å². The maximum atomic E-state index is 12.8. The number of nitrogens with zero attached hydrogens (tertiary/aromatic N) is 4. The summed E-state index contributed by atoms with van der Waals surface area (Å²) in [6.07, 6.45) is 4.34. The van der Waals surface area contributed by atoms with Gasteiger partial charge < -0.3 is 15.1 Å². The van der Waals surface area contributed by atoms with Crippen LogP contribution in [0.25, 0.3) is 0 Å². The maximum absolute atomic E-state index is 12.8. The third-order valence-corrected chi connectivity index (χ3v) is 4.75. The van der Waals surface area contributed by atoms with Crippen molar-refractivity contribution in [3.63, 3.8) is 0 Å². The number of aromatic nitrogens is 3. The number of hydrogen-bond donors (Lipinski definition) is 2. The average molecular weight is 342 g/mol. The van der Waals surface area contributed by atoms with E-state index < -0.39 is 0 Å². The second-order valence-electron chi connectivity index (χ2n) is 6.55. The van der Waals surface area contributed by atoms with Crippen molar-refractivity contribution in [2.75, 3.05) is 26.7 Å². The van der Waals surface area contributed by atoms with Crippen LogP contribution in [0.3, 0.4) is 0 Å². The molecule has 7 heteroatoms. The molecular formula is C18H26N6O. The summed E-state index contributed by atoms with van der Waals surface area (Å²) in [4.78, 5) is 21.2. The molecule has 0 aliphatic carbocycles. The summed E-state index contributed by atoms with van der Waals surface area (Å²) < 4.78 is 0. The number of nitrogens with one attached hydrogen (secondary N) is 2. The van der Waals surface area contributed by atoms with Gasteiger partial charge in [0.15, 0.2) is 0 Å². The molecule has 0 atom stereocenters. The molecule has 1 fully saturated rings. The van der Waals surface area contributed by atoms with Gasteiger partial charge in [0, 0.05) is 12.6 Å². The Labute approximate surface area is 148 Å². The van der Waals surface area contributed by atoms with Gasteiger partial charge in [-0.2, -0.15) is 5.10 Å². The van der Waals surface area contributed by atoms with Gasteiger partial charge >= 0.3 is 6.03 Å². The highest BCUT2D eigenvalue weighted by Crippen LogP contribution is 2.17. The minimum absolute atomic E-state index is 0.0260. The lowest BCUT2D eigenvalue weighted by Crippen LogP contribution is -2.50. The summed E-state index contributed by atoms with van der Waals surface area (Å²) >= 11 is 0. The zero-order valence-electron chi connectivity index (χ0n) is 14.7. The molecule has 0 unspecified atom stereocenters. The fourth-order valence-corrected chi connectivity index (χ4v) is 3.23. The first-order valence-electron chi connectivity index (χ1n) is 8.83. The Hall–Kier alpha value is -2.41. The Kier molecular flexibility index (Phi) is 6.00. The first kappa shape index (κ1) is 17.4. The molecule has 2 amide bonds. The molecule has 25 heavy (non-hydrogen) atoms. The lowest BCUT2D eigenvalue weighted by Gasteiger charge is -2.37. The van der Waals surface area contributed by atoms with Gasteiger partial charge in [-0.15, -0.1) is 0 Å². The van der Waals surface area contributed by atoms with Gasteiger partial charge in [-0.25, -0.2) is 9.78 Å². The number of carbonyl (C=O) groups excluding carboxylic acids is 1. The summed E-state index contributed by atoms with van der Waals surface area (Å²) in [6.45, 7) is 3.15. The number of benzene rings is 1. The van der Waals surface area contributed by atoms with Crippen molar-refractivity contribution in [3.8, 4) is 0 Å². The minimum Gasteiger partial charge on any atom is -0.331 e. The van der Waals surface area contributed by atoms with E-state index in [0.29, 0.717) is 12.4 Å². The number of urea groups is 1. The molecule has 0 radical (unpaired) electrons. The molecule has 1 aliphatic heterocycles. The van der Waals surface area contributed by atoms with E-state index >= 15 is 0 Å². The van der Waals surface area contributed by atoms with Crippen LogP contribution in [-0.4, -0.2) is 63.7 Å². The monoisotopic (exact) mass is 342 g/mol. The molecule has 0 bridgehead atoms. The fraction of sp³-hybridized carbons (Fsp3) is 0.500. The molecule has 2 aromatic rings. The molecule has 134 valence electrons. The van der Waals surface area contributed by atoms with Crippen LogP contribution >= 0.6 is 0 Å². The average Bonchev–Trinajstić information content (AvgIpc) is 3.16. The number of amides is 2. The molecule has 3 rings (SSSR count). The minimum atomic E-state index is -0.0260. The Morgan fingerprint density at radius 2 is 2.08 bits per heavy atom.